The Morgan fingerprint density at radius 1 is 1.16 bits per heavy atom. The Labute approximate surface area is 217 Å². The van der Waals surface area contributed by atoms with E-state index in [1.807, 2.05) is 6.07 Å². The van der Waals surface area contributed by atoms with Gasteiger partial charge in [-0.2, -0.15) is 23.5 Å². The summed E-state index contributed by atoms with van der Waals surface area (Å²) < 4.78 is 45.0. The largest absolute Gasteiger partial charge is 0.471 e. The lowest BCUT2D eigenvalue weighted by Crippen LogP contribution is -2.48. The molecule has 4 rings (SSSR count). The molecule has 38 heavy (non-hydrogen) atoms. The third-order valence-corrected chi connectivity index (χ3v) is 6.29. The second-order valence-electron chi connectivity index (χ2n) is 9.04. The molecule has 1 atom stereocenters. The standard InChI is InChI=1S/C27H26F3N5O3/c1-17(15-31)32-25(36)21-4-2-3-20(13-21)24-14-23(33-34-24)19-7-5-18(6-8-19)16-35(26(37)27(28,29)30)22-9-11-38-12-10-22/h2-8,13-14,17,22H,9-12,16H2,1H3,(H,32,36)(H,33,34). The van der Waals surface area contributed by atoms with Gasteiger partial charge in [0.1, 0.15) is 6.04 Å². The molecule has 3 aromatic rings. The summed E-state index contributed by atoms with van der Waals surface area (Å²) in [6.07, 6.45) is -4.23. The summed E-state index contributed by atoms with van der Waals surface area (Å²) >= 11 is 0. The van der Waals surface area contributed by atoms with Crippen molar-refractivity contribution in [3.05, 3.63) is 65.7 Å². The number of alkyl halides is 3. The summed E-state index contributed by atoms with van der Waals surface area (Å²) in [4.78, 5) is 25.4. The molecule has 0 bridgehead atoms. The van der Waals surface area contributed by atoms with Gasteiger partial charge in [-0.25, -0.2) is 0 Å². The zero-order chi connectivity index (χ0) is 27.3. The second-order valence-corrected chi connectivity index (χ2v) is 9.04. The first-order valence-electron chi connectivity index (χ1n) is 12.1. The van der Waals surface area contributed by atoms with Crippen LogP contribution in [0.3, 0.4) is 0 Å². The van der Waals surface area contributed by atoms with Crippen LogP contribution >= 0.6 is 0 Å². The number of carbonyl (C=O) groups is 2. The monoisotopic (exact) mass is 525 g/mol. The minimum absolute atomic E-state index is 0.156. The van der Waals surface area contributed by atoms with Crippen LogP contribution in [-0.4, -0.2) is 58.4 Å². The molecule has 8 nitrogen and oxygen atoms in total. The molecule has 2 aromatic carbocycles. The number of nitrogens with zero attached hydrogens (tertiary/aromatic N) is 3. The first-order valence-corrected chi connectivity index (χ1v) is 12.1. The molecule has 0 aliphatic carbocycles. The van der Waals surface area contributed by atoms with E-state index in [0.717, 1.165) is 10.5 Å². The highest BCUT2D eigenvalue weighted by Gasteiger charge is 2.44. The fourth-order valence-corrected chi connectivity index (χ4v) is 4.26. The van der Waals surface area contributed by atoms with Gasteiger partial charge in [0, 0.05) is 36.9 Å². The average Bonchev–Trinajstić information content (AvgIpc) is 3.42. The number of benzene rings is 2. The molecule has 0 saturated carbocycles. The van der Waals surface area contributed by atoms with Crippen molar-refractivity contribution in [2.45, 2.75) is 44.6 Å². The van der Waals surface area contributed by atoms with E-state index in [2.05, 4.69) is 15.5 Å². The average molecular weight is 526 g/mol. The van der Waals surface area contributed by atoms with Gasteiger partial charge in [0.05, 0.1) is 17.5 Å². The lowest BCUT2D eigenvalue weighted by atomic mass is 10.0. The van der Waals surface area contributed by atoms with Crippen LogP contribution in [0.1, 0.15) is 35.7 Å². The van der Waals surface area contributed by atoms with Gasteiger partial charge in [0.2, 0.25) is 0 Å². The van der Waals surface area contributed by atoms with Crippen molar-refractivity contribution in [2.75, 3.05) is 13.2 Å². The number of H-pyrrole nitrogens is 1. The Bertz CT molecular complexity index is 1320. The number of rotatable bonds is 7. The number of hydrogen-bond donors (Lipinski definition) is 2. The summed E-state index contributed by atoms with van der Waals surface area (Å²) in [5.74, 6) is -2.21. The molecule has 0 radical (unpaired) electrons. The Hall–Kier alpha value is -4.17. The van der Waals surface area contributed by atoms with Crippen molar-refractivity contribution in [1.82, 2.24) is 20.4 Å². The van der Waals surface area contributed by atoms with E-state index >= 15 is 0 Å². The van der Waals surface area contributed by atoms with E-state index in [0.29, 0.717) is 54.1 Å². The van der Waals surface area contributed by atoms with Crippen LogP contribution in [0.15, 0.2) is 54.6 Å². The molecule has 2 heterocycles. The highest BCUT2D eigenvalue weighted by molar-refractivity contribution is 5.95. The van der Waals surface area contributed by atoms with Gasteiger partial charge in [-0.05, 0) is 49.1 Å². The number of nitrogens with one attached hydrogen (secondary N) is 2. The lowest BCUT2D eigenvalue weighted by molar-refractivity contribution is -0.190. The quantitative estimate of drug-likeness (QED) is 0.473. The summed E-state index contributed by atoms with van der Waals surface area (Å²) in [6.45, 7) is 2.07. The van der Waals surface area contributed by atoms with E-state index in [4.69, 9.17) is 10.00 Å². The van der Waals surface area contributed by atoms with E-state index < -0.39 is 24.2 Å². The lowest BCUT2D eigenvalue weighted by Gasteiger charge is -2.34. The molecular formula is C27H26F3N5O3. The SMILES string of the molecule is CC(C#N)NC(=O)c1cccc(-c2cc(-c3ccc(CN(C(=O)C(F)(F)F)C4CCOCC4)cc3)[nH]n2)c1. The maximum Gasteiger partial charge on any atom is 0.471 e. The van der Waals surface area contributed by atoms with Gasteiger partial charge in [0.25, 0.3) is 5.91 Å². The van der Waals surface area contributed by atoms with Crippen molar-refractivity contribution >= 4 is 11.8 Å². The predicted molar refractivity (Wildman–Crippen MR) is 132 cm³/mol. The molecule has 1 aliphatic rings. The summed E-state index contributed by atoms with van der Waals surface area (Å²) in [5, 5.41) is 18.8. The van der Waals surface area contributed by atoms with Gasteiger partial charge in [0.15, 0.2) is 0 Å². The maximum atomic E-state index is 13.3. The van der Waals surface area contributed by atoms with Crippen LogP contribution < -0.4 is 5.32 Å². The number of aromatic amines is 1. The molecule has 11 heteroatoms. The number of amides is 2. The Morgan fingerprint density at radius 3 is 2.53 bits per heavy atom. The maximum absolute atomic E-state index is 13.3. The predicted octanol–water partition coefficient (Wildman–Crippen LogP) is 4.46. The molecule has 2 N–H and O–H groups in total. The van der Waals surface area contributed by atoms with Gasteiger partial charge in [-0.1, -0.05) is 36.4 Å². The van der Waals surface area contributed by atoms with Crippen LogP contribution in [-0.2, 0) is 16.1 Å². The van der Waals surface area contributed by atoms with Crippen molar-refractivity contribution in [1.29, 1.82) is 5.26 Å². The van der Waals surface area contributed by atoms with Crippen LogP contribution in [0.2, 0.25) is 0 Å². The number of carbonyl (C=O) groups excluding carboxylic acids is 2. The zero-order valence-electron chi connectivity index (χ0n) is 20.6. The smallest absolute Gasteiger partial charge is 0.381 e. The Balaban J connectivity index is 1.49. The highest BCUT2D eigenvalue weighted by Crippen LogP contribution is 2.28. The van der Waals surface area contributed by atoms with E-state index in [1.165, 1.54) is 0 Å². The number of halogens is 3. The molecule has 0 spiro atoms. The zero-order valence-corrected chi connectivity index (χ0v) is 20.6. The van der Waals surface area contributed by atoms with Crippen molar-refractivity contribution in [3.63, 3.8) is 0 Å². The third-order valence-electron chi connectivity index (χ3n) is 6.29. The number of hydrogen-bond acceptors (Lipinski definition) is 5. The van der Waals surface area contributed by atoms with Gasteiger partial charge in [-0.15, -0.1) is 0 Å². The molecule has 2 amide bonds. The summed E-state index contributed by atoms with van der Waals surface area (Å²) in [5.41, 5.74) is 3.67. The Kier molecular flexibility index (Phi) is 8.12. The number of ether oxygens (including phenoxy) is 1. The minimum atomic E-state index is -4.95. The fourth-order valence-electron chi connectivity index (χ4n) is 4.26. The fraction of sp³-hybridized carbons (Fsp3) is 0.333. The Morgan fingerprint density at radius 2 is 1.87 bits per heavy atom. The summed E-state index contributed by atoms with van der Waals surface area (Å²) in [6, 6.07) is 16.3. The van der Waals surface area contributed by atoms with Crippen molar-refractivity contribution in [3.8, 4) is 28.6 Å². The van der Waals surface area contributed by atoms with E-state index in [1.54, 1.807) is 61.5 Å². The summed E-state index contributed by atoms with van der Waals surface area (Å²) in [7, 11) is 0. The van der Waals surface area contributed by atoms with Crippen molar-refractivity contribution < 1.29 is 27.5 Å². The van der Waals surface area contributed by atoms with E-state index in [-0.39, 0.29) is 12.5 Å². The molecular weight excluding hydrogens is 499 g/mol. The highest BCUT2D eigenvalue weighted by atomic mass is 19.4. The third kappa shape index (κ3) is 6.39. The van der Waals surface area contributed by atoms with E-state index in [9.17, 15) is 22.8 Å². The van der Waals surface area contributed by atoms with Gasteiger partial charge >= 0.3 is 12.1 Å². The van der Waals surface area contributed by atoms with Gasteiger partial charge < -0.3 is 15.0 Å². The number of nitriles is 1. The van der Waals surface area contributed by atoms with Crippen LogP contribution in [0, 0.1) is 11.3 Å². The minimum Gasteiger partial charge on any atom is -0.381 e. The second kappa shape index (κ2) is 11.5. The van der Waals surface area contributed by atoms with Crippen LogP contribution in [0.25, 0.3) is 22.5 Å². The first kappa shape index (κ1) is 26.9. The molecule has 1 fully saturated rings. The van der Waals surface area contributed by atoms with Gasteiger partial charge in [-0.3, -0.25) is 14.7 Å². The van der Waals surface area contributed by atoms with Crippen LogP contribution in [0.4, 0.5) is 13.2 Å². The normalized spacial score (nSPS) is 14.9. The molecule has 1 aliphatic heterocycles. The van der Waals surface area contributed by atoms with Crippen LogP contribution in [0.5, 0.6) is 0 Å². The topological polar surface area (TPSA) is 111 Å². The molecule has 198 valence electrons. The molecule has 1 aromatic heterocycles. The molecule has 1 saturated heterocycles. The number of aromatic nitrogens is 2. The van der Waals surface area contributed by atoms with Crippen molar-refractivity contribution in [2.24, 2.45) is 0 Å². The first-order chi connectivity index (χ1) is 18.2. The molecule has 1 unspecified atom stereocenters.